The van der Waals surface area contributed by atoms with Gasteiger partial charge in [-0.25, -0.2) is 9.18 Å². The number of halogens is 4. The molecule has 0 saturated carbocycles. The quantitative estimate of drug-likeness (QED) is 0.630. The SMILES string of the molecule is O=C(O)C=C(F)c1ccccc1C(F)(F)F. The van der Waals surface area contributed by atoms with Gasteiger partial charge in [0.1, 0.15) is 5.83 Å². The molecule has 0 unspecified atom stereocenters. The molecule has 0 heterocycles. The van der Waals surface area contributed by atoms with E-state index in [0.29, 0.717) is 6.07 Å². The van der Waals surface area contributed by atoms with Crippen molar-refractivity contribution in [1.29, 1.82) is 0 Å². The van der Waals surface area contributed by atoms with Crippen LogP contribution in [0.3, 0.4) is 0 Å². The fourth-order valence-electron chi connectivity index (χ4n) is 1.12. The first kappa shape index (κ1) is 12.2. The Bertz CT molecular complexity index is 435. The highest BCUT2D eigenvalue weighted by molar-refractivity contribution is 5.88. The molecule has 1 rings (SSSR count). The molecule has 0 aliphatic heterocycles. The van der Waals surface area contributed by atoms with Crippen molar-refractivity contribution < 1.29 is 27.5 Å². The van der Waals surface area contributed by atoms with E-state index < -0.39 is 29.1 Å². The van der Waals surface area contributed by atoms with Gasteiger partial charge in [-0.05, 0) is 6.07 Å². The van der Waals surface area contributed by atoms with Crippen LogP contribution in [0.25, 0.3) is 5.83 Å². The summed E-state index contributed by atoms with van der Waals surface area (Å²) >= 11 is 0. The number of benzene rings is 1. The molecule has 0 amide bonds. The minimum Gasteiger partial charge on any atom is -0.478 e. The van der Waals surface area contributed by atoms with Crippen LogP contribution in [0.15, 0.2) is 30.3 Å². The maximum atomic E-state index is 13.2. The molecule has 1 N–H and O–H groups in total. The fourth-order valence-corrected chi connectivity index (χ4v) is 1.12. The van der Waals surface area contributed by atoms with Crippen molar-refractivity contribution in [1.82, 2.24) is 0 Å². The third-order valence-electron chi connectivity index (χ3n) is 1.74. The van der Waals surface area contributed by atoms with Crippen LogP contribution in [-0.4, -0.2) is 11.1 Å². The van der Waals surface area contributed by atoms with E-state index in [-0.39, 0.29) is 6.08 Å². The number of hydrogen-bond acceptors (Lipinski definition) is 1. The summed E-state index contributed by atoms with van der Waals surface area (Å²) in [5.41, 5.74) is -1.98. The van der Waals surface area contributed by atoms with Crippen molar-refractivity contribution in [2.24, 2.45) is 0 Å². The van der Waals surface area contributed by atoms with Crippen LogP contribution in [0.1, 0.15) is 11.1 Å². The Balaban J connectivity index is 3.29. The molecule has 0 saturated heterocycles. The highest BCUT2D eigenvalue weighted by Crippen LogP contribution is 2.35. The Morgan fingerprint density at radius 2 is 1.81 bits per heavy atom. The second-order valence-corrected chi connectivity index (χ2v) is 2.87. The lowest BCUT2D eigenvalue weighted by Crippen LogP contribution is -2.08. The lowest BCUT2D eigenvalue weighted by Gasteiger charge is -2.10. The molecule has 0 spiro atoms. The third kappa shape index (κ3) is 2.82. The molecule has 6 heteroatoms. The van der Waals surface area contributed by atoms with Gasteiger partial charge in [0.25, 0.3) is 0 Å². The number of carboxylic acids is 1. The van der Waals surface area contributed by atoms with Crippen LogP contribution in [0.5, 0.6) is 0 Å². The van der Waals surface area contributed by atoms with Crippen molar-refractivity contribution in [3.8, 4) is 0 Å². The standard InChI is InChI=1S/C10H6F4O2/c11-8(5-9(15)16)6-3-1-2-4-7(6)10(12,13)14/h1-5H,(H,15,16). The van der Waals surface area contributed by atoms with Crippen LogP contribution in [-0.2, 0) is 11.0 Å². The average molecular weight is 234 g/mol. The topological polar surface area (TPSA) is 37.3 Å². The van der Waals surface area contributed by atoms with Gasteiger partial charge in [0, 0.05) is 5.56 Å². The Morgan fingerprint density at radius 3 is 2.31 bits per heavy atom. The van der Waals surface area contributed by atoms with Crippen molar-refractivity contribution in [3.05, 3.63) is 41.5 Å². The summed E-state index contributed by atoms with van der Waals surface area (Å²) in [5.74, 6) is -3.07. The molecule has 0 aliphatic rings. The van der Waals surface area contributed by atoms with Gasteiger partial charge < -0.3 is 5.11 Å². The first-order valence-corrected chi connectivity index (χ1v) is 4.09. The third-order valence-corrected chi connectivity index (χ3v) is 1.74. The molecule has 1 aromatic rings. The predicted molar refractivity (Wildman–Crippen MR) is 48.2 cm³/mol. The summed E-state index contributed by atoms with van der Waals surface area (Å²) in [4.78, 5) is 10.1. The highest BCUT2D eigenvalue weighted by atomic mass is 19.4. The van der Waals surface area contributed by atoms with Crippen molar-refractivity contribution in [3.63, 3.8) is 0 Å². The number of rotatable bonds is 2. The lowest BCUT2D eigenvalue weighted by atomic mass is 10.1. The molecule has 0 radical (unpaired) electrons. The van der Waals surface area contributed by atoms with E-state index in [9.17, 15) is 22.4 Å². The van der Waals surface area contributed by atoms with Crippen molar-refractivity contribution in [2.45, 2.75) is 6.18 Å². The van der Waals surface area contributed by atoms with Crippen LogP contribution in [0, 0.1) is 0 Å². The summed E-state index contributed by atoms with van der Waals surface area (Å²) in [5, 5.41) is 8.24. The summed E-state index contributed by atoms with van der Waals surface area (Å²) in [6.07, 6.45) is -4.63. The molecule has 0 fully saturated rings. The number of aliphatic carboxylic acids is 1. The zero-order chi connectivity index (χ0) is 12.3. The Hall–Kier alpha value is -1.85. The molecule has 0 aromatic heterocycles. The van der Waals surface area contributed by atoms with E-state index in [1.807, 2.05) is 0 Å². The summed E-state index contributed by atoms with van der Waals surface area (Å²) in [6, 6.07) is 3.85. The van der Waals surface area contributed by atoms with E-state index >= 15 is 0 Å². The van der Waals surface area contributed by atoms with Gasteiger partial charge in [-0.15, -0.1) is 0 Å². The molecule has 1 aromatic carbocycles. The minimum absolute atomic E-state index is 0.0879. The monoisotopic (exact) mass is 234 g/mol. The van der Waals surface area contributed by atoms with Gasteiger partial charge in [-0.1, -0.05) is 18.2 Å². The molecule has 0 aliphatic carbocycles. The van der Waals surface area contributed by atoms with Gasteiger partial charge in [0.05, 0.1) is 11.6 Å². The molecule has 2 nitrogen and oxygen atoms in total. The van der Waals surface area contributed by atoms with E-state index in [2.05, 4.69) is 0 Å². The van der Waals surface area contributed by atoms with Gasteiger partial charge in [0.15, 0.2) is 0 Å². The second kappa shape index (κ2) is 4.34. The van der Waals surface area contributed by atoms with E-state index in [0.717, 1.165) is 12.1 Å². The van der Waals surface area contributed by atoms with Gasteiger partial charge in [-0.3, -0.25) is 0 Å². The average Bonchev–Trinajstić information content (AvgIpc) is 2.15. The van der Waals surface area contributed by atoms with Crippen molar-refractivity contribution >= 4 is 11.8 Å². The Labute approximate surface area is 87.8 Å². The van der Waals surface area contributed by atoms with Crippen LogP contribution < -0.4 is 0 Å². The largest absolute Gasteiger partial charge is 0.478 e. The Kier molecular flexibility index (Phi) is 3.31. The van der Waals surface area contributed by atoms with Crippen LogP contribution in [0.4, 0.5) is 17.6 Å². The van der Waals surface area contributed by atoms with Gasteiger partial charge >= 0.3 is 12.1 Å². The first-order valence-electron chi connectivity index (χ1n) is 4.09. The number of hydrogen-bond donors (Lipinski definition) is 1. The van der Waals surface area contributed by atoms with E-state index in [1.54, 1.807) is 0 Å². The molecule has 16 heavy (non-hydrogen) atoms. The van der Waals surface area contributed by atoms with E-state index in [4.69, 9.17) is 5.11 Å². The zero-order valence-electron chi connectivity index (χ0n) is 7.75. The number of carbonyl (C=O) groups is 1. The zero-order valence-corrected chi connectivity index (χ0v) is 7.75. The normalized spacial score (nSPS) is 12.6. The molecule has 86 valence electrons. The minimum atomic E-state index is -4.72. The smallest absolute Gasteiger partial charge is 0.417 e. The van der Waals surface area contributed by atoms with Crippen LogP contribution >= 0.6 is 0 Å². The maximum absolute atomic E-state index is 13.2. The van der Waals surface area contributed by atoms with E-state index in [1.165, 1.54) is 6.07 Å². The lowest BCUT2D eigenvalue weighted by molar-refractivity contribution is -0.138. The molecular formula is C10H6F4O2. The Morgan fingerprint density at radius 1 is 1.25 bits per heavy atom. The molecule has 0 bridgehead atoms. The predicted octanol–water partition coefficient (Wildman–Crippen LogP) is 3.10. The fraction of sp³-hybridized carbons (Fsp3) is 0.100. The van der Waals surface area contributed by atoms with Crippen LogP contribution in [0.2, 0.25) is 0 Å². The maximum Gasteiger partial charge on any atom is 0.417 e. The molecular weight excluding hydrogens is 228 g/mol. The van der Waals surface area contributed by atoms with Crippen molar-refractivity contribution in [2.75, 3.05) is 0 Å². The number of carboxylic acid groups (broad SMARTS) is 1. The summed E-state index contributed by atoms with van der Waals surface area (Å²) in [7, 11) is 0. The van der Waals surface area contributed by atoms with Gasteiger partial charge in [0.2, 0.25) is 0 Å². The first-order chi connectivity index (χ1) is 7.32. The van der Waals surface area contributed by atoms with Gasteiger partial charge in [-0.2, -0.15) is 13.2 Å². The highest BCUT2D eigenvalue weighted by Gasteiger charge is 2.34. The summed E-state index contributed by atoms with van der Waals surface area (Å²) < 4.78 is 50.4. The second-order valence-electron chi connectivity index (χ2n) is 2.87. The number of alkyl halides is 3. The molecule has 0 atom stereocenters. The summed E-state index contributed by atoms with van der Waals surface area (Å²) in [6.45, 7) is 0.